The Balaban J connectivity index is 1.51. The molecule has 4 fully saturated rings. The number of piperidine rings is 1. The zero-order chi connectivity index (χ0) is 37.7. The van der Waals surface area contributed by atoms with Gasteiger partial charge in [-0.15, -0.1) is 6.58 Å². The first-order chi connectivity index (χ1) is 22.9. The van der Waals surface area contributed by atoms with Gasteiger partial charge in [0, 0.05) is 45.8 Å². The number of hydrogen-bond donors (Lipinski definition) is 4. The van der Waals surface area contributed by atoms with Gasteiger partial charge in [0.25, 0.3) is 16.1 Å². The third-order valence-electron chi connectivity index (χ3n) is 11.1. The van der Waals surface area contributed by atoms with Gasteiger partial charge < -0.3 is 26.2 Å². The van der Waals surface area contributed by atoms with Gasteiger partial charge in [-0.1, -0.05) is 61.5 Å². The van der Waals surface area contributed by atoms with E-state index in [0.29, 0.717) is 19.4 Å². The molecule has 50 heavy (non-hydrogen) atoms. The van der Waals surface area contributed by atoms with Crippen molar-refractivity contribution in [2.75, 3.05) is 33.7 Å². The summed E-state index contributed by atoms with van der Waals surface area (Å²) in [5, 5.41) is 11.1. The summed E-state index contributed by atoms with van der Waals surface area (Å²) in [5.74, 6) is -2.67. The molecule has 1 heterocycles. The van der Waals surface area contributed by atoms with Crippen LogP contribution in [0.3, 0.4) is 0 Å². The molecular formula is C35H59N7O7S. The molecule has 14 nitrogen and oxygen atoms in total. The molecule has 1 aliphatic heterocycles. The van der Waals surface area contributed by atoms with Crippen molar-refractivity contribution in [3.8, 4) is 0 Å². The third kappa shape index (κ3) is 8.52. The van der Waals surface area contributed by atoms with Crippen molar-refractivity contribution in [2.24, 2.45) is 34.0 Å². The van der Waals surface area contributed by atoms with Gasteiger partial charge in [-0.3, -0.25) is 19.2 Å². The summed E-state index contributed by atoms with van der Waals surface area (Å²) in [4.78, 5) is 69.3. The molecule has 0 spiro atoms. The lowest BCUT2D eigenvalue weighted by Gasteiger charge is -2.39. The monoisotopic (exact) mass is 721 g/mol. The molecule has 0 radical (unpaired) electrons. The largest absolute Gasteiger partial charge is 0.346 e. The predicted octanol–water partition coefficient (Wildman–Crippen LogP) is 1.63. The number of carbonyl (C=O) groups is 5. The molecule has 4 aliphatic rings. The number of rotatable bonds is 15. The van der Waals surface area contributed by atoms with Gasteiger partial charge in [-0.25, -0.2) is 4.79 Å². The van der Waals surface area contributed by atoms with Crippen molar-refractivity contribution in [1.82, 2.24) is 34.8 Å². The van der Waals surface area contributed by atoms with Crippen molar-refractivity contribution >= 4 is 39.7 Å². The molecular weight excluding hydrogens is 662 g/mol. The topological polar surface area (TPSA) is 177 Å². The van der Waals surface area contributed by atoms with E-state index in [4.69, 9.17) is 0 Å². The number of nitrogens with zero attached hydrogens (tertiary/aromatic N) is 3. The molecule has 4 N–H and O–H groups in total. The highest BCUT2D eigenvalue weighted by Crippen LogP contribution is 2.65. The number of fused-ring (bicyclic) bond motifs is 1. The van der Waals surface area contributed by atoms with Crippen LogP contribution in [0.5, 0.6) is 0 Å². The zero-order valence-corrected chi connectivity index (χ0v) is 32.3. The summed E-state index contributed by atoms with van der Waals surface area (Å²) in [7, 11) is -0.677. The lowest BCUT2D eigenvalue weighted by molar-refractivity contribution is -0.145. The van der Waals surface area contributed by atoms with Gasteiger partial charge in [-0.05, 0) is 59.7 Å². The first kappa shape index (κ1) is 39.7. The minimum Gasteiger partial charge on any atom is -0.346 e. The Morgan fingerprint density at radius 3 is 2.04 bits per heavy atom. The van der Waals surface area contributed by atoms with Crippen LogP contribution in [-0.2, 0) is 29.4 Å². The SMILES string of the molecule is C=CCNC(=O)C(=O)C(NC(=O)[C@@H]1[C@@H]2[C@H](CN1C(=O)[C@@H](NC(=O)N[C@H](CN(C)S(=O)(=O)N(C)C1CC1)C(C)(C)C)C(C)(C)C)C2(C)C)C1CC1. The normalized spacial score (nSPS) is 24.9. The highest BCUT2D eigenvalue weighted by atomic mass is 32.2. The van der Waals surface area contributed by atoms with Gasteiger partial charge in [0.05, 0.1) is 0 Å². The molecule has 5 amide bonds. The molecule has 0 aromatic rings. The molecule has 0 aromatic heterocycles. The smallest absolute Gasteiger partial charge is 0.315 e. The second kappa shape index (κ2) is 14.2. The third-order valence-corrected chi connectivity index (χ3v) is 13.0. The maximum absolute atomic E-state index is 14.4. The number of likely N-dealkylation sites (N-methyl/N-ethyl adjacent to an activating group) is 1. The van der Waals surface area contributed by atoms with Crippen molar-refractivity contribution in [3.63, 3.8) is 0 Å². The van der Waals surface area contributed by atoms with Gasteiger partial charge in [0.15, 0.2) is 0 Å². The maximum atomic E-state index is 14.4. The summed E-state index contributed by atoms with van der Waals surface area (Å²) < 4.78 is 29.0. The molecule has 15 heteroatoms. The summed E-state index contributed by atoms with van der Waals surface area (Å²) in [6.07, 6.45) is 4.51. The van der Waals surface area contributed by atoms with Gasteiger partial charge in [0.2, 0.25) is 17.6 Å². The Bertz CT molecular complexity index is 1480. The lowest BCUT2D eigenvalue weighted by Crippen LogP contribution is -2.63. The average Bonchev–Trinajstić information content (AvgIpc) is 3.95. The summed E-state index contributed by atoms with van der Waals surface area (Å²) >= 11 is 0. The fraction of sp³-hybridized carbons (Fsp3) is 0.800. The first-order valence-electron chi connectivity index (χ1n) is 17.7. The molecule has 0 bridgehead atoms. The second-order valence-electron chi connectivity index (χ2n) is 17.4. The molecule has 3 aliphatic carbocycles. The van der Waals surface area contributed by atoms with E-state index < -0.39 is 74.7 Å². The predicted molar refractivity (Wildman–Crippen MR) is 190 cm³/mol. The van der Waals surface area contributed by atoms with E-state index in [2.05, 4.69) is 41.7 Å². The van der Waals surface area contributed by atoms with Crippen LogP contribution < -0.4 is 21.3 Å². The van der Waals surface area contributed by atoms with Crippen LogP contribution in [0.4, 0.5) is 4.79 Å². The van der Waals surface area contributed by atoms with Crippen LogP contribution in [0, 0.1) is 34.0 Å². The summed E-state index contributed by atoms with van der Waals surface area (Å²) in [6, 6.07) is -4.16. The minimum absolute atomic E-state index is 0.0135. The fourth-order valence-corrected chi connectivity index (χ4v) is 8.52. The molecule has 1 saturated heterocycles. The van der Waals surface area contributed by atoms with Crippen LogP contribution in [0.2, 0.25) is 0 Å². The van der Waals surface area contributed by atoms with E-state index in [1.54, 1.807) is 7.05 Å². The summed E-state index contributed by atoms with van der Waals surface area (Å²) in [5.41, 5.74) is -1.51. The second-order valence-corrected chi connectivity index (χ2v) is 19.5. The number of likely N-dealkylation sites (tertiary alicyclic amines) is 1. The molecule has 3 saturated carbocycles. The van der Waals surface area contributed by atoms with Crippen molar-refractivity contribution in [2.45, 2.75) is 111 Å². The van der Waals surface area contributed by atoms with Crippen LogP contribution in [0.15, 0.2) is 12.7 Å². The maximum Gasteiger partial charge on any atom is 0.315 e. The zero-order valence-electron chi connectivity index (χ0n) is 31.5. The Morgan fingerprint density at radius 2 is 1.54 bits per heavy atom. The Hall–Kier alpha value is -3.04. The minimum atomic E-state index is -3.74. The quantitative estimate of drug-likeness (QED) is 0.147. The standard InChI is InChI=1S/C35H59N7O7S/c1-12-17-36-30(45)27(43)25(20-13-14-20)38-29(44)26-24-22(35(24,8)9)18-42(26)31(46)28(34(5,6)7)39-32(47)37-23(33(2,3)4)19-40(10)50(48,49)41(11)21-15-16-21/h12,20-26,28H,1,13-19H2,2-11H3,(H,36,45)(H,38,44)(H2,37,39,47)/t22-,23+,24-,25?,26-,28+/m0/s1. The van der Waals surface area contributed by atoms with Crippen molar-refractivity contribution in [3.05, 3.63) is 12.7 Å². The number of ketones is 1. The molecule has 1 unspecified atom stereocenters. The lowest BCUT2D eigenvalue weighted by atomic mass is 9.85. The van der Waals surface area contributed by atoms with Gasteiger partial charge in [-0.2, -0.15) is 17.0 Å². The van der Waals surface area contributed by atoms with Crippen LogP contribution >= 0.6 is 0 Å². The Morgan fingerprint density at radius 1 is 0.940 bits per heavy atom. The van der Waals surface area contributed by atoms with E-state index in [1.807, 2.05) is 41.5 Å². The highest BCUT2D eigenvalue weighted by molar-refractivity contribution is 7.86. The average molecular weight is 722 g/mol. The van der Waals surface area contributed by atoms with E-state index in [0.717, 1.165) is 12.8 Å². The number of urea groups is 1. The van der Waals surface area contributed by atoms with E-state index in [-0.39, 0.29) is 42.3 Å². The number of hydrogen-bond acceptors (Lipinski definition) is 7. The number of amides is 5. The molecule has 0 aromatic carbocycles. The molecule has 6 atom stereocenters. The number of carbonyl (C=O) groups excluding carboxylic acids is 5. The summed E-state index contributed by atoms with van der Waals surface area (Å²) in [6.45, 7) is 19.3. The van der Waals surface area contributed by atoms with E-state index in [9.17, 15) is 32.4 Å². The van der Waals surface area contributed by atoms with Gasteiger partial charge in [0.1, 0.15) is 18.1 Å². The highest BCUT2D eigenvalue weighted by Gasteiger charge is 2.70. The van der Waals surface area contributed by atoms with Crippen LogP contribution in [-0.4, -0.2) is 115 Å². The van der Waals surface area contributed by atoms with E-state index >= 15 is 0 Å². The van der Waals surface area contributed by atoms with Crippen molar-refractivity contribution < 1.29 is 32.4 Å². The van der Waals surface area contributed by atoms with E-state index in [1.165, 1.54) is 26.6 Å². The number of Topliss-reactive ketones (excluding diaryl/α,β-unsaturated/α-hetero) is 1. The Labute approximate surface area is 298 Å². The number of nitrogens with one attached hydrogen (secondary N) is 4. The van der Waals surface area contributed by atoms with Gasteiger partial charge >= 0.3 is 6.03 Å². The first-order valence-corrected chi connectivity index (χ1v) is 19.1. The van der Waals surface area contributed by atoms with Crippen LogP contribution in [0.1, 0.15) is 81.1 Å². The molecule has 4 rings (SSSR count). The van der Waals surface area contributed by atoms with Crippen molar-refractivity contribution in [1.29, 1.82) is 0 Å². The van der Waals surface area contributed by atoms with Crippen LogP contribution in [0.25, 0.3) is 0 Å². The fourth-order valence-electron chi connectivity index (χ4n) is 7.15. The molecule has 282 valence electrons. The Kier molecular flexibility index (Phi) is 11.3.